The van der Waals surface area contributed by atoms with E-state index in [1.54, 1.807) is 19.2 Å². The minimum Gasteiger partial charge on any atom is -0.392 e. The number of aliphatic hydroxyl groups is 1. The Kier molecular flexibility index (Phi) is 4.20. The molecule has 0 aliphatic carbocycles. The fraction of sp³-hybridized carbons (Fsp3) is 0.400. The Bertz CT molecular complexity index is 341. The lowest BCUT2D eigenvalue weighted by Crippen LogP contribution is -2.27. The van der Waals surface area contributed by atoms with E-state index in [1.807, 2.05) is 0 Å². The Balaban J connectivity index is 2.76. The largest absolute Gasteiger partial charge is 0.392 e. The maximum absolute atomic E-state index is 11.5. The lowest BCUT2D eigenvalue weighted by Gasteiger charge is -2.12. The van der Waals surface area contributed by atoms with Crippen molar-refractivity contribution in [1.82, 2.24) is 4.98 Å². The smallest absolute Gasteiger partial charge is 0.253 e. The number of amides is 1. The van der Waals surface area contributed by atoms with Crippen molar-refractivity contribution < 1.29 is 14.6 Å². The molecule has 1 heterocycles. The van der Waals surface area contributed by atoms with Crippen LogP contribution in [0.5, 0.6) is 0 Å². The number of hydrogen-bond acceptors (Lipinski definition) is 4. The van der Waals surface area contributed by atoms with Crippen LogP contribution in [-0.4, -0.2) is 29.2 Å². The number of nitrogens with one attached hydrogen (secondary N) is 1. The highest BCUT2D eigenvalue weighted by Crippen LogP contribution is 2.13. The molecule has 0 radical (unpaired) electrons. The number of nitrogens with zero attached hydrogens (tertiary/aromatic N) is 1. The second-order valence-corrected chi connectivity index (χ2v) is 3.06. The van der Waals surface area contributed by atoms with Gasteiger partial charge in [-0.1, -0.05) is 0 Å². The number of aliphatic hydroxyl groups excluding tert-OH is 1. The quantitative estimate of drug-likeness (QED) is 0.761. The van der Waals surface area contributed by atoms with E-state index >= 15 is 0 Å². The zero-order valence-electron chi connectivity index (χ0n) is 8.73. The summed E-state index contributed by atoms with van der Waals surface area (Å²) < 4.78 is 4.86. The summed E-state index contributed by atoms with van der Waals surface area (Å²) in [6, 6.07) is 1.65. The Morgan fingerprint density at radius 2 is 2.47 bits per heavy atom. The van der Waals surface area contributed by atoms with Gasteiger partial charge >= 0.3 is 0 Å². The molecule has 82 valence electrons. The van der Waals surface area contributed by atoms with Crippen LogP contribution in [0.3, 0.4) is 0 Å². The first-order valence-corrected chi connectivity index (χ1v) is 4.56. The van der Waals surface area contributed by atoms with Crippen LogP contribution in [0.2, 0.25) is 0 Å². The monoisotopic (exact) mass is 210 g/mol. The third-order valence-electron chi connectivity index (χ3n) is 2.06. The van der Waals surface area contributed by atoms with Crippen LogP contribution in [0.25, 0.3) is 0 Å². The molecule has 5 nitrogen and oxygen atoms in total. The number of rotatable bonds is 4. The topological polar surface area (TPSA) is 71.5 Å². The van der Waals surface area contributed by atoms with Crippen LogP contribution in [0, 0.1) is 0 Å². The van der Waals surface area contributed by atoms with Crippen molar-refractivity contribution in [1.29, 1.82) is 0 Å². The van der Waals surface area contributed by atoms with Gasteiger partial charge in [-0.3, -0.25) is 9.78 Å². The normalized spacial score (nSPS) is 12.2. The van der Waals surface area contributed by atoms with Crippen molar-refractivity contribution in [2.24, 2.45) is 0 Å². The highest BCUT2D eigenvalue weighted by Gasteiger charge is 2.13. The fourth-order valence-electron chi connectivity index (χ4n) is 1.02. The van der Waals surface area contributed by atoms with Crippen molar-refractivity contribution >= 4 is 11.6 Å². The molecule has 2 N–H and O–H groups in total. The molecule has 15 heavy (non-hydrogen) atoms. The number of carbonyl (C=O) groups excluding carboxylic acids is 1. The van der Waals surface area contributed by atoms with Gasteiger partial charge in [-0.2, -0.15) is 0 Å². The van der Waals surface area contributed by atoms with Crippen LogP contribution < -0.4 is 5.32 Å². The third kappa shape index (κ3) is 3.00. The zero-order chi connectivity index (χ0) is 11.3. The molecule has 0 saturated heterocycles. The average molecular weight is 210 g/mol. The number of pyridine rings is 1. The maximum Gasteiger partial charge on any atom is 0.253 e. The summed E-state index contributed by atoms with van der Waals surface area (Å²) in [5, 5.41) is 11.6. The van der Waals surface area contributed by atoms with Gasteiger partial charge in [0.05, 0.1) is 18.5 Å². The first-order chi connectivity index (χ1) is 7.19. The molecule has 0 unspecified atom stereocenters. The molecule has 0 saturated carbocycles. The van der Waals surface area contributed by atoms with Gasteiger partial charge in [0.1, 0.15) is 6.10 Å². The van der Waals surface area contributed by atoms with Crippen LogP contribution in [0.4, 0.5) is 5.69 Å². The highest BCUT2D eigenvalue weighted by molar-refractivity contribution is 5.94. The van der Waals surface area contributed by atoms with Gasteiger partial charge in [0, 0.05) is 18.9 Å². The van der Waals surface area contributed by atoms with Crippen LogP contribution in [-0.2, 0) is 16.1 Å². The molecule has 0 bridgehead atoms. The lowest BCUT2D eigenvalue weighted by atomic mass is 10.2. The Morgan fingerprint density at radius 3 is 3.07 bits per heavy atom. The molecule has 0 spiro atoms. The van der Waals surface area contributed by atoms with Crippen LogP contribution in [0.15, 0.2) is 18.5 Å². The Morgan fingerprint density at radius 1 is 1.73 bits per heavy atom. The van der Waals surface area contributed by atoms with E-state index in [9.17, 15) is 4.79 Å². The van der Waals surface area contributed by atoms with Crippen molar-refractivity contribution in [3.63, 3.8) is 0 Å². The van der Waals surface area contributed by atoms with E-state index in [2.05, 4.69) is 10.3 Å². The SMILES string of the molecule is CO[C@@H](C)C(=O)Nc1cnccc1CO. The van der Waals surface area contributed by atoms with Gasteiger partial charge in [0.25, 0.3) is 5.91 Å². The third-order valence-corrected chi connectivity index (χ3v) is 2.06. The number of ether oxygens (including phenoxy) is 1. The van der Waals surface area contributed by atoms with E-state index in [0.717, 1.165) is 0 Å². The van der Waals surface area contributed by atoms with Crippen LogP contribution >= 0.6 is 0 Å². The Labute approximate surface area is 88.1 Å². The van der Waals surface area contributed by atoms with Gasteiger partial charge in [-0.05, 0) is 13.0 Å². The lowest BCUT2D eigenvalue weighted by molar-refractivity contribution is -0.124. The summed E-state index contributed by atoms with van der Waals surface area (Å²) in [6.07, 6.45) is 2.52. The predicted molar refractivity (Wildman–Crippen MR) is 55.3 cm³/mol. The second kappa shape index (κ2) is 5.43. The van der Waals surface area contributed by atoms with Crippen molar-refractivity contribution in [3.8, 4) is 0 Å². The summed E-state index contributed by atoms with van der Waals surface area (Å²) in [5.74, 6) is -0.264. The summed E-state index contributed by atoms with van der Waals surface area (Å²) in [5.41, 5.74) is 1.13. The number of aromatic nitrogens is 1. The van der Waals surface area contributed by atoms with Crippen molar-refractivity contribution in [3.05, 3.63) is 24.0 Å². The van der Waals surface area contributed by atoms with Gasteiger partial charge in [-0.25, -0.2) is 0 Å². The molecule has 0 aliphatic rings. The van der Waals surface area contributed by atoms with Crippen LogP contribution in [0.1, 0.15) is 12.5 Å². The van der Waals surface area contributed by atoms with E-state index in [-0.39, 0.29) is 12.5 Å². The number of carbonyl (C=O) groups is 1. The Hall–Kier alpha value is -1.46. The molecule has 0 aromatic carbocycles. The van der Waals surface area contributed by atoms with E-state index in [0.29, 0.717) is 11.3 Å². The number of hydrogen-bond donors (Lipinski definition) is 2. The summed E-state index contributed by atoms with van der Waals surface area (Å²) in [4.78, 5) is 15.3. The molecule has 5 heteroatoms. The van der Waals surface area contributed by atoms with E-state index in [1.165, 1.54) is 13.3 Å². The van der Waals surface area contributed by atoms with Gasteiger partial charge in [-0.15, -0.1) is 0 Å². The van der Waals surface area contributed by atoms with Crippen molar-refractivity contribution in [2.45, 2.75) is 19.6 Å². The van der Waals surface area contributed by atoms with Gasteiger partial charge in [0.2, 0.25) is 0 Å². The first kappa shape index (κ1) is 11.6. The summed E-state index contributed by atoms with van der Waals surface area (Å²) >= 11 is 0. The summed E-state index contributed by atoms with van der Waals surface area (Å²) in [7, 11) is 1.46. The molecular formula is C10H14N2O3. The van der Waals surface area contributed by atoms with Gasteiger partial charge < -0.3 is 15.2 Å². The van der Waals surface area contributed by atoms with Crippen molar-refractivity contribution in [2.75, 3.05) is 12.4 Å². The number of anilines is 1. The molecule has 1 atom stereocenters. The number of methoxy groups -OCH3 is 1. The molecule has 0 fully saturated rings. The van der Waals surface area contributed by atoms with Gasteiger partial charge in [0.15, 0.2) is 0 Å². The molecular weight excluding hydrogens is 196 g/mol. The average Bonchev–Trinajstić information content (AvgIpc) is 2.28. The summed E-state index contributed by atoms with van der Waals surface area (Å²) in [6.45, 7) is 1.50. The molecule has 1 aromatic rings. The second-order valence-electron chi connectivity index (χ2n) is 3.06. The molecule has 1 amide bonds. The molecule has 0 aliphatic heterocycles. The molecule has 1 rings (SSSR count). The zero-order valence-corrected chi connectivity index (χ0v) is 8.73. The fourth-order valence-corrected chi connectivity index (χ4v) is 1.02. The van der Waals surface area contributed by atoms with E-state index < -0.39 is 6.10 Å². The standard InChI is InChI=1S/C10H14N2O3/c1-7(15-2)10(14)12-9-5-11-4-3-8(9)6-13/h3-5,7,13H,6H2,1-2H3,(H,12,14)/t7-/m0/s1. The first-order valence-electron chi connectivity index (χ1n) is 4.56. The molecule has 1 aromatic heterocycles. The minimum atomic E-state index is -0.531. The van der Waals surface area contributed by atoms with E-state index in [4.69, 9.17) is 9.84 Å². The maximum atomic E-state index is 11.5. The highest BCUT2D eigenvalue weighted by atomic mass is 16.5. The minimum absolute atomic E-state index is 0.139. The predicted octanol–water partition coefficient (Wildman–Crippen LogP) is 0.547.